The van der Waals surface area contributed by atoms with Crippen LogP contribution in [0.25, 0.3) is 10.8 Å². The van der Waals surface area contributed by atoms with Crippen LogP contribution in [-0.4, -0.2) is 6.43 Å². The van der Waals surface area contributed by atoms with Gasteiger partial charge in [0.1, 0.15) is 0 Å². The van der Waals surface area contributed by atoms with E-state index in [1.807, 2.05) is 42.3 Å². The van der Waals surface area contributed by atoms with Gasteiger partial charge in [0.05, 0.1) is 0 Å². The molecule has 0 atom stereocenters. The third-order valence-electron chi connectivity index (χ3n) is 2.11. The standard InChI is InChI=1S/C13H8F2/c14-13(15)9-8-11-6-3-5-10-4-1-2-7-12(10)11/h1-7,13H. The van der Waals surface area contributed by atoms with Gasteiger partial charge in [0.25, 0.3) is 6.43 Å². The van der Waals surface area contributed by atoms with Crippen LogP contribution < -0.4 is 0 Å². The minimum atomic E-state index is -2.58. The molecule has 0 heterocycles. The molecular weight excluding hydrogens is 194 g/mol. The van der Waals surface area contributed by atoms with Gasteiger partial charge in [-0.05, 0) is 22.8 Å². The molecular formula is C13H8F2. The summed E-state index contributed by atoms with van der Waals surface area (Å²) >= 11 is 0. The summed E-state index contributed by atoms with van der Waals surface area (Å²) in [6.45, 7) is 0. The minimum Gasteiger partial charge on any atom is -0.196 e. The third kappa shape index (κ3) is 2.13. The van der Waals surface area contributed by atoms with Gasteiger partial charge in [-0.1, -0.05) is 42.3 Å². The van der Waals surface area contributed by atoms with Crippen LogP contribution in [0.1, 0.15) is 5.56 Å². The van der Waals surface area contributed by atoms with E-state index in [4.69, 9.17) is 0 Å². The van der Waals surface area contributed by atoms with E-state index in [1.165, 1.54) is 0 Å². The van der Waals surface area contributed by atoms with E-state index in [-0.39, 0.29) is 0 Å². The molecule has 0 N–H and O–H groups in total. The molecule has 0 radical (unpaired) electrons. The van der Waals surface area contributed by atoms with Gasteiger partial charge in [0.2, 0.25) is 0 Å². The molecule has 0 aliphatic rings. The summed E-state index contributed by atoms with van der Waals surface area (Å²) in [4.78, 5) is 0. The molecule has 74 valence electrons. The third-order valence-corrected chi connectivity index (χ3v) is 2.11. The summed E-state index contributed by atoms with van der Waals surface area (Å²) in [6.07, 6.45) is -2.58. The van der Waals surface area contributed by atoms with Crippen molar-refractivity contribution >= 4 is 10.8 Å². The highest BCUT2D eigenvalue weighted by Crippen LogP contribution is 2.17. The lowest BCUT2D eigenvalue weighted by atomic mass is 10.1. The summed E-state index contributed by atoms with van der Waals surface area (Å²) in [5.74, 6) is 4.36. The molecule has 0 fully saturated rings. The van der Waals surface area contributed by atoms with Crippen molar-refractivity contribution in [2.45, 2.75) is 6.43 Å². The first kappa shape index (κ1) is 9.67. The van der Waals surface area contributed by atoms with Gasteiger partial charge < -0.3 is 0 Å². The molecule has 0 aromatic heterocycles. The van der Waals surface area contributed by atoms with Crippen LogP contribution in [0.3, 0.4) is 0 Å². The maximum absolute atomic E-state index is 11.9. The second-order valence-corrected chi connectivity index (χ2v) is 3.10. The molecule has 0 unspecified atom stereocenters. The van der Waals surface area contributed by atoms with Crippen LogP contribution in [0, 0.1) is 11.8 Å². The Hall–Kier alpha value is -1.88. The topological polar surface area (TPSA) is 0 Å². The Morgan fingerprint density at radius 1 is 0.933 bits per heavy atom. The van der Waals surface area contributed by atoms with Crippen molar-refractivity contribution < 1.29 is 8.78 Å². The van der Waals surface area contributed by atoms with Gasteiger partial charge in [-0.25, -0.2) is 0 Å². The molecule has 0 saturated carbocycles. The number of fused-ring (bicyclic) bond motifs is 1. The Bertz CT molecular complexity index is 527. The summed E-state index contributed by atoms with van der Waals surface area (Å²) in [5.41, 5.74) is 0.647. The van der Waals surface area contributed by atoms with Crippen molar-refractivity contribution in [2.75, 3.05) is 0 Å². The zero-order chi connectivity index (χ0) is 10.7. The van der Waals surface area contributed by atoms with Gasteiger partial charge in [0, 0.05) is 5.56 Å². The fourth-order valence-electron chi connectivity index (χ4n) is 1.47. The van der Waals surface area contributed by atoms with Gasteiger partial charge in [-0.3, -0.25) is 0 Å². The number of halogens is 2. The second-order valence-electron chi connectivity index (χ2n) is 3.10. The van der Waals surface area contributed by atoms with Crippen molar-refractivity contribution in [3.8, 4) is 11.8 Å². The summed E-state index contributed by atoms with van der Waals surface area (Å²) in [5, 5.41) is 1.92. The zero-order valence-electron chi connectivity index (χ0n) is 7.87. The number of benzene rings is 2. The van der Waals surface area contributed by atoms with Crippen molar-refractivity contribution in [3.05, 3.63) is 48.0 Å². The SMILES string of the molecule is FC(F)C#Cc1cccc2ccccc12. The van der Waals surface area contributed by atoms with Gasteiger partial charge >= 0.3 is 0 Å². The van der Waals surface area contributed by atoms with Crippen molar-refractivity contribution in [1.82, 2.24) is 0 Å². The monoisotopic (exact) mass is 202 g/mol. The quantitative estimate of drug-likeness (QED) is 0.574. The van der Waals surface area contributed by atoms with Crippen LogP contribution in [0.4, 0.5) is 8.78 Å². The van der Waals surface area contributed by atoms with E-state index in [0.29, 0.717) is 5.56 Å². The Morgan fingerprint density at radius 3 is 2.47 bits per heavy atom. The van der Waals surface area contributed by atoms with Gasteiger partial charge in [-0.2, -0.15) is 8.78 Å². The minimum absolute atomic E-state index is 0.647. The van der Waals surface area contributed by atoms with E-state index < -0.39 is 6.43 Å². The van der Waals surface area contributed by atoms with E-state index in [2.05, 4.69) is 5.92 Å². The summed E-state index contributed by atoms with van der Waals surface area (Å²) in [7, 11) is 0. The fraction of sp³-hybridized carbons (Fsp3) is 0.0769. The lowest BCUT2D eigenvalue weighted by molar-refractivity contribution is 0.215. The average Bonchev–Trinajstić information content (AvgIpc) is 2.26. The first-order valence-corrected chi connectivity index (χ1v) is 4.55. The fourth-order valence-corrected chi connectivity index (χ4v) is 1.47. The number of hydrogen-bond donors (Lipinski definition) is 0. The molecule has 0 bridgehead atoms. The Morgan fingerprint density at radius 2 is 1.67 bits per heavy atom. The lowest BCUT2D eigenvalue weighted by Gasteiger charge is -1.98. The smallest absolute Gasteiger partial charge is 0.196 e. The molecule has 2 aromatic rings. The summed E-state index contributed by atoms with van der Waals surface area (Å²) in [6, 6.07) is 13.1. The van der Waals surface area contributed by atoms with Crippen LogP contribution >= 0.6 is 0 Å². The molecule has 2 aromatic carbocycles. The Balaban J connectivity index is 2.58. The maximum atomic E-state index is 11.9. The molecule has 0 spiro atoms. The molecule has 0 aliphatic carbocycles. The summed E-state index contributed by atoms with van der Waals surface area (Å²) < 4.78 is 23.9. The zero-order valence-corrected chi connectivity index (χ0v) is 7.87. The Kier molecular flexibility index (Phi) is 2.64. The van der Waals surface area contributed by atoms with Crippen molar-refractivity contribution in [3.63, 3.8) is 0 Å². The highest BCUT2D eigenvalue weighted by molar-refractivity contribution is 5.88. The number of rotatable bonds is 0. The first-order chi connectivity index (χ1) is 7.27. The average molecular weight is 202 g/mol. The van der Waals surface area contributed by atoms with E-state index >= 15 is 0 Å². The molecule has 0 aliphatic heterocycles. The Labute approximate surface area is 86.5 Å². The van der Waals surface area contributed by atoms with Crippen molar-refractivity contribution in [1.29, 1.82) is 0 Å². The lowest BCUT2D eigenvalue weighted by Crippen LogP contribution is -1.83. The highest BCUT2D eigenvalue weighted by Gasteiger charge is 1.97. The maximum Gasteiger partial charge on any atom is 0.299 e. The van der Waals surface area contributed by atoms with Crippen molar-refractivity contribution in [2.24, 2.45) is 0 Å². The molecule has 15 heavy (non-hydrogen) atoms. The molecule has 0 saturated heterocycles. The highest BCUT2D eigenvalue weighted by atomic mass is 19.3. The van der Waals surface area contributed by atoms with Gasteiger partial charge in [-0.15, -0.1) is 0 Å². The van der Waals surface area contributed by atoms with Crippen LogP contribution in [0.2, 0.25) is 0 Å². The predicted molar refractivity (Wildman–Crippen MR) is 56.8 cm³/mol. The molecule has 2 rings (SSSR count). The van der Waals surface area contributed by atoms with Crippen LogP contribution in [-0.2, 0) is 0 Å². The predicted octanol–water partition coefficient (Wildman–Crippen LogP) is 3.46. The molecule has 0 nitrogen and oxygen atoms in total. The largest absolute Gasteiger partial charge is 0.299 e. The molecule has 2 heteroatoms. The normalized spacial score (nSPS) is 10.1. The number of hydrogen-bond acceptors (Lipinski definition) is 0. The van der Waals surface area contributed by atoms with Gasteiger partial charge in [0.15, 0.2) is 0 Å². The number of alkyl halides is 2. The van der Waals surface area contributed by atoms with E-state index in [1.54, 1.807) is 6.07 Å². The van der Waals surface area contributed by atoms with Crippen LogP contribution in [0.15, 0.2) is 42.5 Å². The first-order valence-electron chi connectivity index (χ1n) is 4.55. The van der Waals surface area contributed by atoms with E-state index in [0.717, 1.165) is 10.8 Å². The second kappa shape index (κ2) is 4.10. The molecule has 0 amide bonds. The van der Waals surface area contributed by atoms with E-state index in [9.17, 15) is 8.78 Å². The van der Waals surface area contributed by atoms with Crippen LogP contribution in [0.5, 0.6) is 0 Å².